The molecule has 0 aliphatic carbocycles. The van der Waals surface area contributed by atoms with Crippen LogP contribution in [0.5, 0.6) is 0 Å². The lowest BCUT2D eigenvalue weighted by Gasteiger charge is -2.04. The summed E-state index contributed by atoms with van der Waals surface area (Å²) in [5, 5.41) is 4.71. The number of aryl methyl sites for hydroxylation is 1. The summed E-state index contributed by atoms with van der Waals surface area (Å²) in [5.74, 6) is -0.0838. The summed E-state index contributed by atoms with van der Waals surface area (Å²) in [7, 11) is 0. The Hall–Kier alpha value is -1.26. The van der Waals surface area contributed by atoms with Gasteiger partial charge in [0.1, 0.15) is 0 Å². The van der Waals surface area contributed by atoms with E-state index in [0.29, 0.717) is 4.88 Å². The van der Waals surface area contributed by atoms with Crippen LogP contribution < -0.4 is 5.32 Å². The predicted molar refractivity (Wildman–Crippen MR) is 75.3 cm³/mol. The molecule has 1 aromatic heterocycles. The van der Waals surface area contributed by atoms with Crippen molar-refractivity contribution >= 4 is 35.6 Å². The minimum atomic E-state index is -0.0838. The van der Waals surface area contributed by atoms with Crippen molar-refractivity contribution in [3.63, 3.8) is 0 Å². The van der Waals surface area contributed by atoms with E-state index in [1.54, 1.807) is 6.07 Å². The summed E-state index contributed by atoms with van der Waals surface area (Å²) < 4.78 is 0. The van der Waals surface area contributed by atoms with Crippen molar-refractivity contribution in [1.82, 2.24) is 0 Å². The Labute approximate surface area is 110 Å². The van der Waals surface area contributed by atoms with Gasteiger partial charge in [0, 0.05) is 16.0 Å². The van der Waals surface area contributed by atoms with Crippen molar-refractivity contribution in [3.8, 4) is 0 Å². The number of rotatable bonds is 3. The van der Waals surface area contributed by atoms with Gasteiger partial charge in [-0.2, -0.15) is 0 Å². The third kappa shape index (κ3) is 3.11. The molecular weight excluding hydrogens is 250 g/mol. The molecule has 0 unspecified atom stereocenters. The summed E-state index contributed by atoms with van der Waals surface area (Å²) in [6.45, 7) is 2.10. The molecule has 0 radical (unpaired) electrons. The van der Waals surface area contributed by atoms with Gasteiger partial charge in [-0.3, -0.25) is 4.79 Å². The number of carbonyl (C=O) groups excluding carboxylic acids is 1. The number of thiophene rings is 1. The number of hydrogen-bond acceptors (Lipinski definition) is 3. The minimum absolute atomic E-state index is 0.0838. The second kappa shape index (κ2) is 5.38. The Morgan fingerprint density at radius 3 is 2.59 bits per heavy atom. The smallest absolute Gasteiger partial charge is 0.265 e. The number of carbonyl (C=O) groups is 1. The van der Waals surface area contributed by atoms with Crippen molar-refractivity contribution in [3.05, 3.63) is 46.2 Å². The first-order valence-electron chi connectivity index (χ1n) is 5.37. The Bertz CT molecular complexity index is 516. The lowest BCUT2D eigenvalue weighted by atomic mass is 10.1. The highest BCUT2D eigenvalue weighted by Gasteiger charge is 2.08. The zero-order valence-electron chi connectivity index (χ0n) is 9.43. The van der Waals surface area contributed by atoms with E-state index < -0.39 is 0 Å². The van der Waals surface area contributed by atoms with Crippen LogP contribution in [0.25, 0.3) is 0 Å². The van der Waals surface area contributed by atoms with Gasteiger partial charge >= 0.3 is 0 Å². The molecule has 4 heteroatoms. The highest BCUT2D eigenvalue weighted by atomic mass is 32.1. The molecule has 1 heterocycles. The monoisotopic (exact) mass is 263 g/mol. The number of nitrogens with one attached hydrogen (secondary N) is 1. The number of anilines is 1. The molecule has 0 spiro atoms. The van der Waals surface area contributed by atoms with Crippen LogP contribution in [-0.4, -0.2) is 5.91 Å². The zero-order chi connectivity index (χ0) is 12.3. The summed E-state index contributed by atoms with van der Waals surface area (Å²) in [5.41, 5.74) is 2.08. The third-order valence-corrected chi connectivity index (χ3v) is 3.79. The highest BCUT2D eigenvalue weighted by Crippen LogP contribution is 2.19. The Balaban J connectivity index is 2.07. The van der Waals surface area contributed by atoms with Crippen molar-refractivity contribution < 1.29 is 4.79 Å². The van der Waals surface area contributed by atoms with E-state index in [2.05, 4.69) is 24.9 Å². The van der Waals surface area contributed by atoms with Crippen molar-refractivity contribution in [2.75, 3.05) is 5.32 Å². The topological polar surface area (TPSA) is 29.1 Å². The highest BCUT2D eigenvalue weighted by molar-refractivity contribution is 7.80. The first-order chi connectivity index (χ1) is 8.19. The van der Waals surface area contributed by atoms with Crippen LogP contribution in [0.3, 0.4) is 0 Å². The van der Waals surface area contributed by atoms with E-state index in [4.69, 9.17) is 0 Å². The maximum Gasteiger partial charge on any atom is 0.265 e. The molecule has 2 aromatic rings. The van der Waals surface area contributed by atoms with Gasteiger partial charge in [-0.15, -0.1) is 24.0 Å². The van der Waals surface area contributed by atoms with E-state index in [1.165, 1.54) is 16.9 Å². The van der Waals surface area contributed by atoms with Gasteiger partial charge in [0.05, 0.1) is 4.88 Å². The molecule has 2 nitrogen and oxygen atoms in total. The standard InChI is InChI=1S/C13H13NOS2/c1-2-9-3-5-10(6-4-9)14-13(15)12-7-11(16)8-17-12/h3-8,16H,2H2,1H3,(H,14,15). The first kappa shape index (κ1) is 12.2. The number of benzene rings is 1. The molecule has 88 valence electrons. The summed E-state index contributed by atoms with van der Waals surface area (Å²) in [4.78, 5) is 13.3. The van der Waals surface area contributed by atoms with E-state index in [9.17, 15) is 4.79 Å². The molecule has 0 aliphatic rings. The molecule has 1 N–H and O–H groups in total. The zero-order valence-corrected chi connectivity index (χ0v) is 11.1. The van der Waals surface area contributed by atoms with Gasteiger partial charge in [0.15, 0.2) is 0 Å². The average Bonchev–Trinajstić information content (AvgIpc) is 2.77. The molecule has 1 aromatic carbocycles. The van der Waals surface area contributed by atoms with Crippen LogP contribution in [0.4, 0.5) is 5.69 Å². The number of hydrogen-bond donors (Lipinski definition) is 2. The van der Waals surface area contributed by atoms with Crippen molar-refractivity contribution in [1.29, 1.82) is 0 Å². The van der Waals surface area contributed by atoms with Crippen LogP contribution >= 0.6 is 24.0 Å². The summed E-state index contributed by atoms with van der Waals surface area (Å²) >= 11 is 5.58. The van der Waals surface area contributed by atoms with Gasteiger partial charge in [-0.25, -0.2) is 0 Å². The molecule has 17 heavy (non-hydrogen) atoms. The van der Waals surface area contributed by atoms with Gasteiger partial charge in [-0.05, 0) is 30.2 Å². The van der Waals surface area contributed by atoms with Crippen LogP contribution in [0.2, 0.25) is 0 Å². The molecule has 0 saturated heterocycles. The van der Waals surface area contributed by atoms with Crippen LogP contribution in [0.15, 0.2) is 40.6 Å². The lowest BCUT2D eigenvalue weighted by Crippen LogP contribution is -2.09. The molecule has 0 aliphatic heterocycles. The fourth-order valence-corrected chi connectivity index (χ4v) is 2.51. The Morgan fingerprint density at radius 2 is 2.06 bits per heavy atom. The predicted octanol–water partition coefficient (Wildman–Crippen LogP) is 3.85. The molecule has 2 rings (SSSR count). The van der Waals surface area contributed by atoms with Crippen LogP contribution in [-0.2, 0) is 6.42 Å². The summed E-state index contributed by atoms with van der Waals surface area (Å²) in [6, 6.07) is 9.66. The van der Waals surface area contributed by atoms with Crippen molar-refractivity contribution in [2.24, 2.45) is 0 Å². The average molecular weight is 263 g/mol. The quantitative estimate of drug-likeness (QED) is 0.809. The minimum Gasteiger partial charge on any atom is -0.321 e. The molecule has 1 amide bonds. The Morgan fingerprint density at radius 1 is 1.35 bits per heavy atom. The van der Waals surface area contributed by atoms with Crippen LogP contribution in [0, 0.1) is 0 Å². The van der Waals surface area contributed by atoms with Gasteiger partial charge < -0.3 is 5.32 Å². The largest absolute Gasteiger partial charge is 0.321 e. The van der Waals surface area contributed by atoms with Gasteiger partial charge in [0.2, 0.25) is 0 Å². The SMILES string of the molecule is CCc1ccc(NC(=O)c2cc(S)cs2)cc1. The van der Waals surface area contributed by atoms with Gasteiger partial charge in [-0.1, -0.05) is 19.1 Å². The van der Waals surface area contributed by atoms with E-state index in [0.717, 1.165) is 17.0 Å². The fraction of sp³-hybridized carbons (Fsp3) is 0.154. The first-order valence-corrected chi connectivity index (χ1v) is 6.69. The van der Waals surface area contributed by atoms with E-state index in [1.807, 2.05) is 29.6 Å². The van der Waals surface area contributed by atoms with Crippen molar-refractivity contribution in [2.45, 2.75) is 18.2 Å². The van der Waals surface area contributed by atoms with E-state index in [-0.39, 0.29) is 5.91 Å². The third-order valence-electron chi connectivity index (χ3n) is 2.43. The second-order valence-electron chi connectivity index (χ2n) is 3.67. The molecule has 0 saturated carbocycles. The van der Waals surface area contributed by atoms with E-state index >= 15 is 0 Å². The number of amides is 1. The molecule has 0 bridgehead atoms. The van der Waals surface area contributed by atoms with Gasteiger partial charge in [0.25, 0.3) is 5.91 Å². The van der Waals surface area contributed by atoms with Crippen LogP contribution in [0.1, 0.15) is 22.2 Å². The normalized spacial score (nSPS) is 10.2. The second-order valence-corrected chi connectivity index (χ2v) is 5.10. The fourth-order valence-electron chi connectivity index (χ4n) is 1.46. The Kier molecular flexibility index (Phi) is 3.86. The molecule has 0 fully saturated rings. The maximum atomic E-state index is 11.8. The molecule has 0 atom stereocenters. The maximum absolute atomic E-state index is 11.8. The molecular formula is C13H13NOS2. The number of thiol groups is 1. The lowest BCUT2D eigenvalue weighted by molar-refractivity contribution is 0.103. The summed E-state index contributed by atoms with van der Waals surface area (Å²) in [6.07, 6.45) is 1.00.